The zero-order valence-corrected chi connectivity index (χ0v) is 11.5. The Morgan fingerprint density at radius 1 is 1.41 bits per heavy atom. The van der Waals surface area contributed by atoms with Gasteiger partial charge in [-0.2, -0.15) is 0 Å². The summed E-state index contributed by atoms with van der Waals surface area (Å²) in [7, 11) is 0. The summed E-state index contributed by atoms with van der Waals surface area (Å²) < 4.78 is 0. The predicted molar refractivity (Wildman–Crippen MR) is 74.5 cm³/mol. The van der Waals surface area contributed by atoms with E-state index in [4.69, 9.17) is 5.73 Å². The first-order valence-corrected chi connectivity index (χ1v) is 6.60. The van der Waals surface area contributed by atoms with Crippen molar-refractivity contribution in [3.63, 3.8) is 0 Å². The first kappa shape index (κ1) is 12.4. The minimum atomic E-state index is 0.255. The van der Waals surface area contributed by atoms with Gasteiger partial charge in [0.2, 0.25) is 0 Å². The highest BCUT2D eigenvalue weighted by Gasteiger charge is 2.35. The number of nitrogens with zero attached hydrogens (tertiary/aromatic N) is 1. The van der Waals surface area contributed by atoms with Crippen LogP contribution in [0.3, 0.4) is 0 Å². The first-order valence-electron chi connectivity index (χ1n) is 6.60. The average Bonchev–Trinajstić information content (AvgIpc) is 2.28. The van der Waals surface area contributed by atoms with Gasteiger partial charge in [0.1, 0.15) is 0 Å². The normalized spacial score (nSPS) is 22.4. The Morgan fingerprint density at radius 3 is 2.71 bits per heavy atom. The molecule has 2 N–H and O–H groups in total. The molecule has 17 heavy (non-hydrogen) atoms. The third-order valence-electron chi connectivity index (χ3n) is 4.00. The Kier molecular flexibility index (Phi) is 3.17. The summed E-state index contributed by atoms with van der Waals surface area (Å²) in [6.07, 6.45) is 1.21. The lowest BCUT2D eigenvalue weighted by Gasteiger charge is -2.47. The van der Waals surface area contributed by atoms with Crippen LogP contribution in [-0.2, 0) is 6.54 Å². The van der Waals surface area contributed by atoms with Gasteiger partial charge in [-0.25, -0.2) is 0 Å². The number of hydrogen-bond acceptors (Lipinski definition) is 2. The SMILES string of the molecule is CCN1c2ccc(CN)cc2[C@H](C)CC1(C)C. The lowest BCUT2D eigenvalue weighted by atomic mass is 9.79. The van der Waals surface area contributed by atoms with Crippen LogP contribution in [0.5, 0.6) is 0 Å². The second-order valence-corrected chi connectivity index (χ2v) is 5.76. The van der Waals surface area contributed by atoms with Crippen LogP contribution < -0.4 is 10.6 Å². The molecule has 1 aliphatic heterocycles. The Balaban J connectivity index is 2.51. The van der Waals surface area contributed by atoms with Gasteiger partial charge in [-0.05, 0) is 50.3 Å². The molecule has 0 spiro atoms. The molecule has 1 aliphatic rings. The molecule has 1 heterocycles. The molecule has 2 rings (SSSR count). The van der Waals surface area contributed by atoms with Crippen molar-refractivity contribution >= 4 is 5.69 Å². The monoisotopic (exact) mass is 232 g/mol. The number of rotatable bonds is 2. The molecular weight excluding hydrogens is 208 g/mol. The van der Waals surface area contributed by atoms with Crippen LogP contribution in [0.15, 0.2) is 18.2 Å². The van der Waals surface area contributed by atoms with Gasteiger partial charge >= 0.3 is 0 Å². The standard InChI is InChI=1S/C15H24N2/c1-5-17-14-7-6-12(10-16)8-13(14)11(2)9-15(17,3)4/h6-8,11H,5,9-10,16H2,1-4H3/t11-/m1/s1. The Morgan fingerprint density at radius 2 is 2.12 bits per heavy atom. The van der Waals surface area contributed by atoms with Crippen LogP contribution >= 0.6 is 0 Å². The molecule has 0 amide bonds. The van der Waals surface area contributed by atoms with E-state index < -0.39 is 0 Å². The van der Waals surface area contributed by atoms with E-state index in [9.17, 15) is 0 Å². The molecule has 0 saturated carbocycles. The Bertz CT molecular complexity index is 409. The fourth-order valence-corrected chi connectivity index (χ4v) is 3.27. The minimum Gasteiger partial charge on any atom is -0.366 e. The van der Waals surface area contributed by atoms with Crippen LogP contribution in [0, 0.1) is 0 Å². The fraction of sp³-hybridized carbons (Fsp3) is 0.600. The van der Waals surface area contributed by atoms with E-state index >= 15 is 0 Å². The van der Waals surface area contributed by atoms with Crippen molar-refractivity contribution in [2.45, 2.75) is 52.1 Å². The molecule has 1 aromatic rings. The summed E-state index contributed by atoms with van der Waals surface area (Å²) in [6.45, 7) is 10.9. The summed E-state index contributed by atoms with van der Waals surface area (Å²) in [5.41, 5.74) is 10.1. The summed E-state index contributed by atoms with van der Waals surface area (Å²) >= 11 is 0. The summed E-state index contributed by atoms with van der Waals surface area (Å²) in [4.78, 5) is 2.52. The van der Waals surface area contributed by atoms with Crippen molar-refractivity contribution in [2.75, 3.05) is 11.4 Å². The minimum absolute atomic E-state index is 0.255. The summed E-state index contributed by atoms with van der Waals surface area (Å²) in [5.74, 6) is 0.620. The van der Waals surface area contributed by atoms with Gasteiger partial charge in [0.25, 0.3) is 0 Å². The van der Waals surface area contributed by atoms with Gasteiger partial charge in [-0.1, -0.05) is 19.1 Å². The Labute approximate surface area is 105 Å². The van der Waals surface area contributed by atoms with Crippen molar-refractivity contribution in [3.8, 4) is 0 Å². The van der Waals surface area contributed by atoms with E-state index in [-0.39, 0.29) is 5.54 Å². The first-order chi connectivity index (χ1) is 7.99. The molecule has 94 valence electrons. The van der Waals surface area contributed by atoms with E-state index in [1.54, 1.807) is 0 Å². The lowest BCUT2D eigenvalue weighted by Crippen LogP contribution is -2.48. The van der Waals surface area contributed by atoms with Gasteiger partial charge in [-0.15, -0.1) is 0 Å². The Hall–Kier alpha value is -1.02. The summed E-state index contributed by atoms with van der Waals surface area (Å²) in [5, 5.41) is 0. The number of nitrogens with two attached hydrogens (primary N) is 1. The van der Waals surface area contributed by atoms with Crippen molar-refractivity contribution in [1.29, 1.82) is 0 Å². The van der Waals surface area contributed by atoms with Crippen LogP contribution in [0.4, 0.5) is 5.69 Å². The third-order valence-corrected chi connectivity index (χ3v) is 4.00. The van der Waals surface area contributed by atoms with E-state index in [2.05, 4.69) is 50.8 Å². The number of benzene rings is 1. The molecule has 2 heteroatoms. The quantitative estimate of drug-likeness (QED) is 0.848. The van der Waals surface area contributed by atoms with Crippen molar-refractivity contribution in [2.24, 2.45) is 5.73 Å². The van der Waals surface area contributed by atoms with Gasteiger partial charge < -0.3 is 10.6 Å². The maximum absolute atomic E-state index is 5.74. The van der Waals surface area contributed by atoms with E-state index in [0.717, 1.165) is 6.54 Å². The second-order valence-electron chi connectivity index (χ2n) is 5.76. The van der Waals surface area contributed by atoms with Gasteiger partial charge in [-0.3, -0.25) is 0 Å². The highest BCUT2D eigenvalue weighted by molar-refractivity contribution is 5.60. The van der Waals surface area contributed by atoms with Gasteiger partial charge in [0, 0.05) is 24.3 Å². The van der Waals surface area contributed by atoms with Crippen molar-refractivity contribution in [3.05, 3.63) is 29.3 Å². The van der Waals surface area contributed by atoms with E-state index in [1.165, 1.54) is 23.2 Å². The molecule has 0 fully saturated rings. The zero-order valence-electron chi connectivity index (χ0n) is 11.5. The van der Waals surface area contributed by atoms with Crippen LogP contribution in [0.1, 0.15) is 51.2 Å². The fourth-order valence-electron chi connectivity index (χ4n) is 3.27. The van der Waals surface area contributed by atoms with Crippen molar-refractivity contribution in [1.82, 2.24) is 0 Å². The molecular formula is C15H24N2. The molecule has 0 radical (unpaired) electrons. The van der Waals surface area contributed by atoms with E-state index in [0.29, 0.717) is 12.5 Å². The molecule has 2 nitrogen and oxygen atoms in total. The molecule has 0 aliphatic carbocycles. The zero-order chi connectivity index (χ0) is 12.6. The molecule has 0 unspecified atom stereocenters. The predicted octanol–water partition coefficient (Wildman–Crippen LogP) is 3.26. The topological polar surface area (TPSA) is 29.3 Å². The maximum Gasteiger partial charge on any atom is 0.0406 e. The molecule has 0 saturated heterocycles. The van der Waals surface area contributed by atoms with Crippen LogP contribution in [-0.4, -0.2) is 12.1 Å². The van der Waals surface area contributed by atoms with Gasteiger partial charge in [0.05, 0.1) is 0 Å². The highest BCUT2D eigenvalue weighted by atomic mass is 15.2. The molecule has 0 aromatic heterocycles. The summed E-state index contributed by atoms with van der Waals surface area (Å²) in [6, 6.07) is 6.70. The number of fused-ring (bicyclic) bond motifs is 1. The maximum atomic E-state index is 5.74. The van der Waals surface area contributed by atoms with Crippen molar-refractivity contribution < 1.29 is 0 Å². The number of anilines is 1. The molecule has 0 bridgehead atoms. The van der Waals surface area contributed by atoms with Gasteiger partial charge in [0.15, 0.2) is 0 Å². The highest BCUT2D eigenvalue weighted by Crippen LogP contribution is 2.43. The smallest absolute Gasteiger partial charge is 0.0406 e. The average molecular weight is 232 g/mol. The largest absolute Gasteiger partial charge is 0.366 e. The van der Waals surface area contributed by atoms with E-state index in [1.807, 2.05) is 0 Å². The number of hydrogen-bond donors (Lipinski definition) is 1. The van der Waals surface area contributed by atoms with Crippen LogP contribution in [0.2, 0.25) is 0 Å². The third kappa shape index (κ3) is 2.06. The second kappa shape index (κ2) is 4.34. The molecule has 1 atom stereocenters. The van der Waals surface area contributed by atoms with Crippen LogP contribution in [0.25, 0.3) is 0 Å². The lowest BCUT2D eigenvalue weighted by molar-refractivity contribution is 0.381. The molecule has 1 aromatic carbocycles.